The van der Waals surface area contributed by atoms with E-state index in [0.717, 1.165) is 24.5 Å². The van der Waals surface area contributed by atoms with E-state index in [2.05, 4.69) is 29.3 Å². The van der Waals surface area contributed by atoms with Gasteiger partial charge < -0.3 is 4.74 Å². The van der Waals surface area contributed by atoms with Crippen LogP contribution in [0.15, 0.2) is 29.3 Å². The maximum atomic E-state index is 5.72. The van der Waals surface area contributed by atoms with Gasteiger partial charge in [-0.05, 0) is 42.9 Å². The van der Waals surface area contributed by atoms with Crippen LogP contribution in [0, 0.1) is 0 Å². The predicted molar refractivity (Wildman–Crippen MR) is 98.5 cm³/mol. The average molecular weight is 320 g/mol. The normalized spacial score (nSPS) is 10.2. The zero-order valence-electron chi connectivity index (χ0n) is 13.9. The molecule has 0 unspecified atom stereocenters. The third-order valence-electron chi connectivity index (χ3n) is 3.78. The average Bonchev–Trinajstić information content (AvgIpc) is 2.54. The van der Waals surface area contributed by atoms with E-state index >= 15 is 0 Å². The molecule has 122 valence electrons. The van der Waals surface area contributed by atoms with Crippen LogP contribution in [-0.4, -0.2) is 11.8 Å². The summed E-state index contributed by atoms with van der Waals surface area (Å²) >= 11 is 4.57. The lowest BCUT2D eigenvalue weighted by Crippen LogP contribution is -1.96. The van der Waals surface area contributed by atoms with Crippen LogP contribution >= 0.6 is 12.2 Å². The Labute approximate surface area is 141 Å². The van der Waals surface area contributed by atoms with Crippen LogP contribution in [0.1, 0.15) is 71.1 Å². The number of benzene rings is 1. The molecule has 0 amide bonds. The standard InChI is InChI=1S/C19H29NOS/c1-2-3-4-5-6-7-8-9-10-11-16-21-19-14-12-18(13-15-19)20-17-22/h12-15H,2-11,16H2,1H3. The van der Waals surface area contributed by atoms with Crippen molar-refractivity contribution in [2.45, 2.75) is 71.1 Å². The third kappa shape index (κ3) is 9.70. The van der Waals surface area contributed by atoms with E-state index in [9.17, 15) is 0 Å². The molecule has 0 saturated carbocycles. The number of hydrogen-bond acceptors (Lipinski definition) is 3. The van der Waals surface area contributed by atoms with E-state index in [-0.39, 0.29) is 0 Å². The smallest absolute Gasteiger partial charge is 0.119 e. The summed E-state index contributed by atoms with van der Waals surface area (Å²) in [6.45, 7) is 3.07. The number of nitrogens with zero attached hydrogens (tertiary/aromatic N) is 1. The second-order valence-electron chi connectivity index (χ2n) is 5.73. The second kappa shape index (κ2) is 13.5. The van der Waals surface area contributed by atoms with Crippen molar-refractivity contribution in [3.8, 4) is 5.75 Å². The van der Waals surface area contributed by atoms with Crippen molar-refractivity contribution in [2.24, 2.45) is 4.99 Å². The van der Waals surface area contributed by atoms with Crippen molar-refractivity contribution < 1.29 is 4.74 Å². The maximum Gasteiger partial charge on any atom is 0.119 e. The summed E-state index contributed by atoms with van der Waals surface area (Å²) in [5.41, 5.74) is 0.821. The summed E-state index contributed by atoms with van der Waals surface area (Å²) in [5, 5.41) is 2.36. The largest absolute Gasteiger partial charge is 0.494 e. The molecule has 0 fully saturated rings. The minimum absolute atomic E-state index is 0.798. The highest BCUT2D eigenvalue weighted by Gasteiger charge is 1.96. The molecule has 0 aliphatic rings. The SMILES string of the molecule is CCCCCCCCCCCCOc1ccc(N=C=S)cc1. The molecule has 0 spiro atoms. The van der Waals surface area contributed by atoms with Crippen LogP contribution in [0.5, 0.6) is 5.75 Å². The zero-order valence-corrected chi connectivity index (χ0v) is 14.7. The van der Waals surface area contributed by atoms with Gasteiger partial charge >= 0.3 is 0 Å². The fraction of sp³-hybridized carbons (Fsp3) is 0.632. The molecule has 0 bridgehead atoms. The summed E-state index contributed by atoms with van der Waals surface area (Å²) in [6, 6.07) is 7.66. The molecule has 0 N–H and O–H groups in total. The van der Waals surface area contributed by atoms with Gasteiger partial charge in [-0.15, -0.1) is 0 Å². The van der Waals surface area contributed by atoms with Crippen LogP contribution in [0.3, 0.4) is 0 Å². The van der Waals surface area contributed by atoms with Crippen molar-refractivity contribution in [2.75, 3.05) is 6.61 Å². The maximum absolute atomic E-state index is 5.72. The number of rotatable bonds is 13. The van der Waals surface area contributed by atoms with Gasteiger partial charge in [-0.2, -0.15) is 4.99 Å². The van der Waals surface area contributed by atoms with Gasteiger partial charge in [-0.25, -0.2) is 0 Å². The first-order valence-electron chi connectivity index (χ1n) is 8.67. The fourth-order valence-electron chi connectivity index (χ4n) is 2.45. The Morgan fingerprint density at radius 3 is 1.95 bits per heavy atom. The fourth-order valence-corrected chi connectivity index (χ4v) is 2.55. The molecule has 0 saturated heterocycles. The number of ether oxygens (including phenoxy) is 1. The van der Waals surface area contributed by atoms with Gasteiger partial charge in [0.25, 0.3) is 0 Å². The Morgan fingerprint density at radius 1 is 0.864 bits per heavy atom. The van der Waals surface area contributed by atoms with Crippen molar-refractivity contribution in [3.63, 3.8) is 0 Å². The van der Waals surface area contributed by atoms with Gasteiger partial charge in [0.05, 0.1) is 17.5 Å². The Kier molecular flexibility index (Phi) is 11.6. The van der Waals surface area contributed by atoms with E-state index < -0.39 is 0 Å². The van der Waals surface area contributed by atoms with Gasteiger partial charge in [0.2, 0.25) is 0 Å². The molecule has 0 aliphatic carbocycles. The van der Waals surface area contributed by atoms with Gasteiger partial charge in [0.15, 0.2) is 0 Å². The first-order chi connectivity index (χ1) is 10.9. The summed E-state index contributed by atoms with van der Waals surface area (Å²) in [7, 11) is 0. The third-order valence-corrected chi connectivity index (χ3v) is 3.87. The highest BCUT2D eigenvalue weighted by molar-refractivity contribution is 7.78. The Bertz CT molecular complexity index is 424. The lowest BCUT2D eigenvalue weighted by Gasteiger charge is -2.06. The van der Waals surface area contributed by atoms with Crippen LogP contribution in [0.2, 0.25) is 0 Å². The van der Waals surface area contributed by atoms with Crippen LogP contribution in [-0.2, 0) is 0 Å². The number of thiocarbonyl (C=S) groups is 1. The van der Waals surface area contributed by atoms with Crippen LogP contribution in [0.25, 0.3) is 0 Å². The van der Waals surface area contributed by atoms with E-state index in [1.54, 1.807) is 0 Å². The van der Waals surface area contributed by atoms with Crippen molar-refractivity contribution >= 4 is 23.1 Å². The first kappa shape index (κ1) is 18.9. The van der Waals surface area contributed by atoms with Gasteiger partial charge in [-0.1, -0.05) is 64.7 Å². The molecule has 22 heavy (non-hydrogen) atoms. The van der Waals surface area contributed by atoms with E-state index in [4.69, 9.17) is 4.74 Å². The number of unbranched alkanes of at least 4 members (excludes halogenated alkanes) is 9. The van der Waals surface area contributed by atoms with Gasteiger partial charge in [0, 0.05) is 0 Å². The molecule has 0 radical (unpaired) electrons. The Morgan fingerprint density at radius 2 is 1.41 bits per heavy atom. The van der Waals surface area contributed by atoms with E-state index in [1.807, 2.05) is 24.3 Å². The summed E-state index contributed by atoms with van der Waals surface area (Å²) in [6.07, 6.45) is 13.5. The molecule has 0 aliphatic heterocycles. The summed E-state index contributed by atoms with van der Waals surface area (Å²) < 4.78 is 5.72. The molecule has 0 aromatic heterocycles. The minimum atomic E-state index is 0.798. The molecule has 2 nitrogen and oxygen atoms in total. The number of isothiocyanates is 1. The van der Waals surface area contributed by atoms with Crippen LogP contribution in [0.4, 0.5) is 5.69 Å². The monoisotopic (exact) mass is 319 g/mol. The molecule has 0 heterocycles. The molecule has 1 aromatic carbocycles. The van der Waals surface area contributed by atoms with Crippen molar-refractivity contribution in [3.05, 3.63) is 24.3 Å². The topological polar surface area (TPSA) is 21.6 Å². The highest BCUT2D eigenvalue weighted by Crippen LogP contribution is 2.18. The lowest BCUT2D eigenvalue weighted by atomic mass is 10.1. The highest BCUT2D eigenvalue weighted by atomic mass is 32.1. The Hall–Kier alpha value is -1.18. The lowest BCUT2D eigenvalue weighted by molar-refractivity contribution is 0.304. The second-order valence-corrected chi connectivity index (χ2v) is 5.91. The Balaban J connectivity index is 1.94. The predicted octanol–water partition coefficient (Wildman–Crippen LogP) is 6.72. The quantitative estimate of drug-likeness (QED) is 0.229. The van der Waals surface area contributed by atoms with Crippen molar-refractivity contribution in [1.29, 1.82) is 0 Å². The summed E-state index contributed by atoms with van der Waals surface area (Å²) in [5.74, 6) is 0.902. The molecule has 0 atom stereocenters. The van der Waals surface area contributed by atoms with E-state index in [1.165, 1.54) is 57.8 Å². The molecule has 1 aromatic rings. The van der Waals surface area contributed by atoms with Crippen molar-refractivity contribution in [1.82, 2.24) is 0 Å². The zero-order chi connectivity index (χ0) is 15.9. The minimum Gasteiger partial charge on any atom is -0.494 e. The van der Waals surface area contributed by atoms with Gasteiger partial charge in [-0.3, -0.25) is 0 Å². The number of hydrogen-bond donors (Lipinski definition) is 0. The number of aliphatic imine (C=N–C) groups is 1. The summed E-state index contributed by atoms with van der Waals surface area (Å²) in [4.78, 5) is 3.92. The van der Waals surface area contributed by atoms with Crippen LogP contribution < -0.4 is 4.74 Å². The molecule has 3 heteroatoms. The molecule has 1 rings (SSSR count). The van der Waals surface area contributed by atoms with Gasteiger partial charge in [0.1, 0.15) is 5.75 Å². The molecular formula is C19H29NOS. The van der Waals surface area contributed by atoms with E-state index in [0.29, 0.717) is 0 Å². The first-order valence-corrected chi connectivity index (χ1v) is 9.08. The molecular weight excluding hydrogens is 290 g/mol.